The van der Waals surface area contributed by atoms with Crippen molar-refractivity contribution in [2.45, 2.75) is 32.7 Å². The zero-order valence-corrected chi connectivity index (χ0v) is 14.4. The fourth-order valence-electron chi connectivity index (χ4n) is 2.84. The molecule has 0 aromatic heterocycles. The lowest BCUT2D eigenvalue weighted by Gasteiger charge is -2.34. The highest BCUT2D eigenvalue weighted by molar-refractivity contribution is 5.97. The van der Waals surface area contributed by atoms with E-state index in [2.05, 4.69) is 0 Å². The van der Waals surface area contributed by atoms with Crippen LogP contribution in [0.4, 0.5) is 0 Å². The molecule has 1 N–H and O–H groups in total. The summed E-state index contributed by atoms with van der Waals surface area (Å²) in [5.74, 6) is -1.15. The van der Waals surface area contributed by atoms with Gasteiger partial charge in [-0.1, -0.05) is 6.07 Å². The van der Waals surface area contributed by atoms with E-state index in [9.17, 15) is 14.4 Å². The van der Waals surface area contributed by atoms with E-state index < -0.39 is 5.97 Å². The second kappa shape index (κ2) is 7.47. The highest BCUT2D eigenvalue weighted by Crippen LogP contribution is 2.22. The van der Waals surface area contributed by atoms with Crippen LogP contribution in [-0.2, 0) is 4.79 Å². The number of piperidine rings is 1. The maximum absolute atomic E-state index is 12.5. The second-order valence-electron chi connectivity index (χ2n) is 6.50. The van der Waals surface area contributed by atoms with Gasteiger partial charge in [-0.05, 0) is 44.9 Å². The van der Waals surface area contributed by atoms with Gasteiger partial charge >= 0.3 is 5.97 Å². The van der Waals surface area contributed by atoms with Gasteiger partial charge in [0.2, 0.25) is 5.91 Å². The summed E-state index contributed by atoms with van der Waals surface area (Å²) in [6.07, 6.45) is 1.28. The molecule has 0 spiro atoms. The lowest BCUT2D eigenvalue weighted by molar-refractivity contribution is -0.137. The minimum atomic E-state index is -1.05. The first-order chi connectivity index (χ1) is 11.3. The third-order valence-corrected chi connectivity index (χ3v) is 4.61. The molecule has 1 heterocycles. The zero-order chi connectivity index (χ0) is 17.9. The highest BCUT2D eigenvalue weighted by Gasteiger charge is 2.30. The Morgan fingerprint density at radius 3 is 2.29 bits per heavy atom. The molecule has 0 saturated carbocycles. The van der Waals surface area contributed by atoms with E-state index in [1.807, 2.05) is 20.9 Å². The van der Waals surface area contributed by atoms with Gasteiger partial charge in [-0.15, -0.1) is 0 Å². The summed E-state index contributed by atoms with van der Waals surface area (Å²) in [5, 5.41) is 9.03. The van der Waals surface area contributed by atoms with Crippen LogP contribution in [0.3, 0.4) is 0 Å². The first kappa shape index (κ1) is 18.0. The number of hydrogen-bond acceptors (Lipinski definition) is 3. The molecule has 1 aromatic rings. The minimum Gasteiger partial charge on any atom is -0.478 e. The monoisotopic (exact) mass is 332 g/mol. The van der Waals surface area contributed by atoms with Crippen LogP contribution < -0.4 is 0 Å². The van der Waals surface area contributed by atoms with E-state index in [4.69, 9.17) is 5.11 Å². The Hall–Kier alpha value is -2.37. The lowest BCUT2D eigenvalue weighted by atomic mass is 9.94. The molecule has 0 radical (unpaired) electrons. The van der Waals surface area contributed by atoms with Crippen LogP contribution in [-0.4, -0.2) is 58.9 Å². The largest absolute Gasteiger partial charge is 0.478 e. The predicted molar refractivity (Wildman–Crippen MR) is 89.9 cm³/mol. The van der Waals surface area contributed by atoms with Crippen LogP contribution in [0, 0.1) is 5.92 Å². The summed E-state index contributed by atoms with van der Waals surface area (Å²) in [4.78, 5) is 39.4. The molecule has 0 unspecified atom stereocenters. The molecule has 2 amide bonds. The maximum atomic E-state index is 12.5. The van der Waals surface area contributed by atoms with Gasteiger partial charge in [0.25, 0.3) is 5.91 Å². The van der Waals surface area contributed by atoms with Gasteiger partial charge in [0.05, 0.1) is 5.56 Å². The van der Waals surface area contributed by atoms with Crippen LogP contribution in [0.15, 0.2) is 24.3 Å². The third-order valence-electron chi connectivity index (χ3n) is 4.61. The van der Waals surface area contributed by atoms with Gasteiger partial charge in [0, 0.05) is 37.7 Å². The summed E-state index contributed by atoms with van der Waals surface area (Å²) in [7, 11) is 1.81. The molecular weight excluding hydrogens is 308 g/mol. The van der Waals surface area contributed by atoms with Crippen LogP contribution in [0.25, 0.3) is 0 Å². The number of carbonyl (C=O) groups is 3. The van der Waals surface area contributed by atoms with E-state index in [0.717, 1.165) is 0 Å². The highest BCUT2D eigenvalue weighted by atomic mass is 16.4. The number of carboxylic acid groups (broad SMARTS) is 1. The Labute approximate surface area is 142 Å². The zero-order valence-electron chi connectivity index (χ0n) is 14.4. The van der Waals surface area contributed by atoms with Crippen molar-refractivity contribution in [3.8, 4) is 0 Å². The van der Waals surface area contributed by atoms with Crippen molar-refractivity contribution in [1.29, 1.82) is 0 Å². The Balaban J connectivity index is 1.99. The summed E-state index contributed by atoms with van der Waals surface area (Å²) in [6, 6.07) is 6.22. The number of benzene rings is 1. The molecule has 1 saturated heterocycles. The number of likely N-dealkylation sites (tertiary alicyclic amines) is 1. The fourth-order valence-corrected chi connectivity index (χ4v) is 2.84. The van der Waals surface area contributed by atoms with Crippen molar-refractivity contribution < 1.29 is 19.5 Å². The van der Waals surface area contributed by atoms with Crippen molar-refractivity contribution in [1.82, 2.24) is 9.80 Å². The third kappa shape index (κ3) is 3.93. The van der Waals surface area contributed by atoms with Crippen molar-refractivity contribution >= 4 is 17.8 Å². The molecule has 6 nitrogen and oxygen atoms in total. The van der Waals surface area contributed by atoms with E-state index in [0.29, 0.717) is 31.5 Å². The molecule has 6 heteroatoms. The Bertz CT molecular complexity index is 634. The van der Waals surface area contributed by atoms with Crippen LogP contribution >= 0.6 is 0 Å². The Morgan fingerprint density at radius 1 is 1.17 bits per heavy atom. The van der Waals surface area contributed by atoms with Crippen molar-refractivity contribution in [2.24, 2.45) is 5.92 Å². The summed E-state index contributed by atoms with van der Waals surface area (Å²) < 4.78 is 0. The maximum Gasteiger partial charge on any atom is 0.335 e. The average Bonchev–Trinajstić information content (AvgIpc) is 2.60. The number of hydrogen-bond donors (Lipinski definition) is 1. The molecular formula is C18H24N2O4. The van der Waals surface area contributed by atoms with E-state index >= 15 is 0 Å². The van der Waals surface area contributed by atoms with Crippen molar-refractivity contribution in [2.75, 3.05) is 20.1 Å². The smallest absolute Gasteiger partial charge is 0.335 e. The molecule has 1 aromatic carbocycles. The number of aromatic carboxylic acids is 1. The van der Waals surface area contributed by atoms with Crippen LogP contribution in [0.1, 0.15) is 47.4 Å². The Kier molecular flexibility index (Phi) is 5.59. The number of nitrogens with zero attached hydrogens (tertiary/aromatic N) is 2. The summed E-state index contributed by atoms with van der Waals surface area (Å²) >= 11 is 0. The van der Waals surface area contributed by atoms with Crippen LogP contribution in [0.2, 0.25) is 0 Å². The normalized spacial score (nSPS) is 15.4. The number of carbonyl (C=O) groups excluding carboxylic acids is 2. The van der Waals surface area contributed by atoms with Crippen molar-refractivity contribution in [3.05, 3.63) is 35.4 Å². The number of amides is 2. The quantitative estimate of drug-likeness (QED) is 0.916. The molecule has 1 fully saturated rings. The molecule has 0 atom stereocenters. The predicted octanol–water partition coefficient (Wildman–Crippen LogP) is 2.10. The minimum absolute atomic E-state index is 0.0493. The molecule has 1 aliphatic heterocycles. The first-order valence-corrected chi connectivity index (χ1v) is 8.20. The summed E-state index contributed by atoms with van der Waals surface area (Å²) in [6.45, 7) is 4.98. The van der Waals surface area contributed by atoms with Crippen LogP contribution in [0.5, 0.6) is 0 Å². The summed E-state index contributed by atoms with van der Waals surface area (Å²) in [5.41, 5.74) is 0.475. The van der Waals surface area contributed by atoms with Gasteiger partial charge in [-0.3, -0.25) is 9.59 Å². The SMILES string of the molecule is CC(C)N(C)C(=O)C1CCN(C(=O)c2cccc(C(=O)O)c2)CC1. The molecule has 0 bridgehead atoms. The first-order valence-electron chi connectivity index (χ1n) is 8.20. The number of rotatable bonds is 4. The van der Waals surface area contributed by atoms with Gasteiger partial charge in [-0.25, -0.2) is 4.79 Å². The topological polar surface area (TPSA) is 77.9 Å². The van der Waals surface area contributed by atoms with Gasteiger partial charge in [0.15, 0.2) is 0 Å². The van der Waals surface area contributed by atoms with E-state index in [-0.39, 0.29) is 29.3 Å². The standard InChI is InChI=1S/C18H24N2O4/c1-12(2)19(3)16(21)13-7-9-20(10-8-13)17(22)14-5-4-6-15(11-14)18(23)24/h4-6,11-13H,7-10H2,1-3H3,(H,23,24). The second-order valence-corrected chi connectivity index (χ2v) is 6.50. The van der Waals surface area contributed by atoms with Gasteiger partial charge < -0.3 is 14.9 Å². The Morgan fingerprint density at radius 2 is 1.75 bits per heavy atom. The van der Waals surface area contributed by atoms with E-state index in [1.165, 1.54) is 12.1 Å². The molecule has 24 heavy (non-hydrogen) atoms. The molecule has 2 rings (SSSR count). The lowest BCUT2D eigenvalue weighted by Crippen LogP contribution is -2.45. The fraction of sp³-hybridized carbons (Fsp3) is 0.500. The molecule has 130 valence electrons. The molecule has 0 aliphatic carbocycles. The van der Waals surface area contributed by atoms with Gasteiger partial charge in [-0.2, -0.15) is 0 Å². The average molecular weight is 332 g/mol. The van der Waals surface area contributed by atoms with Crippen molar-refractivity contribution in [3.63, 3.8) is 0 Å². The van der Waals surface area contributed by atoms with E-state index in [1.54, 1.807) is 21.9 Å². The van der Waals surface area contributed by atoms with Gasteiger partial charge in [0.1, 0.15) is 0 Å². The number of carboxylic acids is 1. The molecule has 1 aliphatic rings.